The number of nitrogens with one attached hydrogen (secondary N) is 3. The zero-order valence-electron chi connectivity index (χ0n) is 14.0. The van der Waals surface area contributed by atoms with Gasteiger partial charge in [-0.3, -0.25) is 14.5 Å². The number of anilines is 1. The van der Waals surface area contributed by atoms with Crippen LogP contribution in [0.2, 0.25) is 0 Å². The Bertz CT molecular complexity index is 803. The maximum atomic E-state index is 13.0. The fourth-order valence-corrected chi connectivity index (χ4v) is 3.71. The Morgan fingerprint density at radius 3 is 3.00 bits per heavy atom. The molecule has 0 bridgehead atoms. The van der Waals surface area contributed by atoms with Gasteiger partial charge in [-0.2, -0.15) is 15.4 Å². The first-order valence-corrected chi connectivity index (χ1v) is 8.42. The molecule has 2 aromatic rings. The molecule has 0 fully saturated rings. The van der Waals surface area contributed by atoms with Crippen LogP contribution in [0.3, 0.4) is 0 Å². The van der Waals surface area contributed by atoms with Crippen molar-refractivity contribution in [2.45, 2.75) is 37.9 Å². The first-order chi connectivity index (χ1) is 12.2. The quantitative estimate of drug-likeness (QED) is 0.722. The standard InChI is InChI=1S/C17H20N6O2/c1-18-13-6-5-10-3-2-4-11-7-14(23(15(10)11)17(13)25)16(24)19-8-12-9-20-22-21-12/h2-4,9,13-14,18H,5-8H2,1H3,(H,19,24)(H,20,21,22)/t13-,14-/m0/s1. The molecule has 2 amide bonds. The zero-order chi connectivity index (χ0) is 17.4. The topological polar surface area (TPSA) is 103 Å². The summed E-state index contributed by atoms with van der Waals surface area (Å²) in [5, 5.41) is 16.1. The molecule has 0 saturated heterocycles. The van der Waals surface area contributed by atoms with Crippen LogP contribution in [0.25, 0.3) is 0 Å². The van der Waals surface area contributed by atoms with Crippen molar-refractivity contribution in [3.63, 3.8) is 0 Å². The van der Waals surface area contributed by atoms with Crippen molar-refractivity contribution in [3.8, 4) is 0 Å². The highest BCUT2D eigenvalue weighted by Crippen LogP contribution is 2.38. The van der Waals surface area contributed by atoms with E-state index in [-0.39, 0.29) is 24.4 Å². The number of hydrogen-bond acceptors (Lipinski definition) is 5. The summed E-state index contributed by atoms with van der Waals surface area (Å²) < 4.78 is 0. The lowest BCUT2D eigenvalue weighted by Crippen LogP contribution is -2.53. The second-order valence-electron chi connectivity index (χ2n) is 6.41. The second kappa shape index (κ2) is 6.29. The first kappa shape index (κ1) is 15.8. The predicted molar refractivity (Wildman–Crippen MR) is 90.8 cm³/mol. The van der Waals surface area contributed by atoms with E-state index < -0.39 is 6.04 Å². The normalized spacial score (nSPS) is 21.8. The van der Waals surface area contributed by atoms with E-state index in [0.29, 0.717) is 12.1 Å². The van der Waals surface area contributed by atoms with E-state index in [1.807, 2.05) is 18.2 Å². The number of amides is 2. The molecule has 2 atom stereocenters. The van der Waals surface area contributed by atoms with Gasteiger partial charge in [0.2, 0.25) is 11.8 Å². The number of hydrogen-bond donors (Lipinski definition) is 3. The van der Waals surface area contributed by atoms with Crippen LogP contribution in [0.4, 0.5) is 5.69 Å². The third kappa shape index (κ3) is 2.68. The molecule has 2 aliphatic heterocycles. The second-order valence-corrected chi connectivity index (χ2v) is 6.41. The van der Waals surface area contributed by atoms with E-state index in [1.54, 1.807) is 18.1 Å². The third-order valence-electron chi connectivity index (χ3n) is 4.97. The molecule has 0 radical (unpaired) electrons. The molecule has 3 N–H and O–H groups in total. The summed E-state index contributed by atoms with van der Waals surface area (Å²) in [4.78, 5) is 27.5. The van der Waals surface area contributed by atoms with Gasteiger partial charge in [-0.05, 0) is 31.0 Å². The number of nitrogens with zero attached hydrogens (tertiary/aromatic N) is 3. The van der Waals surface area contributed by atoms with E-state index in [0.717, 1.165) is 29.7 Å². The third-order valence-corrected chi connectivity index (χ3v) is 4.97. The van der Waals surface area contributed by atoms with Crippen LogP contribution >= 0.6 is 0 Å². The number of aryl methyl sites for hydroxylation is 1. The van der Waals surface area contributed by atoms with Crippen LogP contribution in [0.1, 0.15) is 23.2 Å². The molecule has 8 heteroatoms. The summed E-state index contributed by atoms with van der Waals surface area (Å²) in [6, 6.07) is 5.26. The van der Waals surface area contributed by atoms with Crippen LogP contribution in [-0.4, -0.2) is 46.4 Å². The van der Waals surface area contributed by atoms with E-state index in [4.69, 9.17) is 0 Å². The molecular formula is C17H20N6O2. The van der Waals surface area contributed by atoms with Crippen molar-refractivity contribution in [1.29, 1.82) is 0 Å². The summed E-state index contributed by atoms with van der Waals surface area (Å²) in [6.07, 6.45) is 3.66. The van der Waals surface area contributed by atoms with Crippen LogP contribution in [0, 0.1) is 0 Å². The molecule has 130 valence electrons. The summed E-state index contributed by atoms with van der Waals surface area (Å²) >= 11 is 0. The number of aromatic nitrogens is 3. The minimum Gasteiger partial charge on any atom is -0.348 e. The van der Waals surface area contributed by atoms with Crippen LogP contribution in [-0.2, 0) is 29.0 Å². The summed E-state index contributed by atoms with van der Waals surface area (Å²) in [5.41, 5.74) is 3.77. The van der Waals surface area contributed by atoms with Crippen molar-refractivity contribution in [2.24, 2.45) is 0 Å². The van der Waals surface area contributed by atoms with Gasteiger partial charge in [0.05, 0.1) is 24.5 Å². The lowest BCUT2D eigenvalue weighted by Gasteiger charge is -2.27. The summed E-state index contributed by atoms with van der Waals surface area (Å²) in [6.45, 7) is 0.284. The van der Waals surface area contributed by atoms with Gasteiger partial charge in [-0.1, -0.05) is 18.2 Å². The SMILES string of the molecule is CN[C@H]1CCc2cccc3c2N(C1=O)[C@H](C(=O)NCc1cn[nH]n1)C3. The Kier molecular flexibility index (Phi) is 3.96. The maximum absolute atomic E-state index is 13.0. The molecule has 2 aliphatic rings. The van der Waals surface area contributed by atoms with Crippen LogP contribution in [0.5, 0.6) is 0 Å². The average molecular weight is 340 g/mol. The van der Waals surface area contributed by atoms with Gasteiger partial charge in [-0.15, -0.1) is 0 Å². The highest BCUT2D eigenvalue weighted by molar-refractivity contribution is 6.06. The zero-order valence-corrected chi connectivity index (χ0v) is 14.0. The minimum absolute atomic E-state index is 0.0345. The van der Waals surface area contributed by atoms with Gasteiger partial charge < -0.3 is 10.6 Å². The number of carbonyl (C=O) groups excluding carboxylic acids is 2. The number of carbonyl (C=O) groups is 2. The Labute approximate surface area is 145 Å². The Hall–Kier alpha value is -2.74. The lowest BCUT2D eigenvalue weighted by atomic mass is 10.0. The van der Waals surface area contributed by atoms with Crippen molar-refractivity contribution >= 4 is 17.5 Å². The highest BCUT2D eigenvalue weighted by Gasteiger charge is 2.43. The number of para-hydroxylation sites is 1. The fourth-order valence-electron chi connectivity index (χ4n) is 3.71. The number of aromatic amines is 1. The van der Waals surface area contributed by atoms with Gasteiger partial charge in [0, 0.05) is 6.42 Å². The molecule has 25 heavy (non-hydrogen) atoms. The van der Waals surface area contributed by atoms with E-state index in [1.165, 1.54) is 0 Å². The van der Waals surface area contributed by atoms with Crippen molar-refractivity contribution in [2.75, 3.05) is 11.9 Å². The monoisotopic (exact) mass is 340 g/mol. The van der Waals surface area contributed by atoms with E-state index in [2.05, 4.69) is 26.0 Å². The number of likely N-dealkylation sites (N-methyl/N-ethyl adjacent to an activating group) is 1. The molecule has 1 aromatic carbocycles. The number of rotatable bonds is 4. The first-order valence-electron chi connectivity index (χ1n) is 8.42. The predicted octanol–water partition coefficient (Wildman–Crippen LogP) is -0.0870. The molecule has 1 aromatic heterocycles. The van der Waals surface area contributed by atoms with Gasteiger partial charge in [0.25, 0.3) is 0 Å². The molecule has 0 aliphatic carbocycles. The fraction of sp³-hybridized carbons (Fsp3) is 0.412. The van der Waals surface area contributed by atoms with E-state index in [9.17, 15) is 9.59 Å². The van der Waals surface area contributed by atoms with Gasteiger partial charge in [-0.25, -0.2) is 0 Å². The molecular weight excluding hydrogens is 320 g/mol. The smallest absolute Gasteiger partial charge is 0.244 e. The van der Waals surface area contributed by atoms with Gasteiger partial charge >= 0.3 is 0 Å². The lowest BCUT2D eigenvalue weighted by molar-refractivity contribution is -0.127. The Balaban J connectivity index is 1.62. The Morgan fingerprint density at radius 2 is 2.24 bits per heavy atom. The summed E-state index contributed by atoms with van der Waals surface area (Å²) in [5.74, 6) is -0.206. The number of H-pyrrole nitrogens is 1. The molecule has 8 nitrogen and oxygen atoms in total. The maximum Gasteiger partial charge on any atom is 0.244 e. The van der Waals surface area contributed by atoms with Crippen molar-refractivity contribution < 1.29 is 9.59 Å². The molecule has 4 rings (SSSR count). The van der Waals surface area contributed by atoms with Gasteiger partial charge in [0.1, 0.15) is 11.7 Å². The highest BCUT2D eigenvalue weighted by atomic mass is 16.2. The molecule has 0 spiro atoms. The van der Waals surface area contributed by atoms with Crippen LogP contribution in [0.15, 0.2) is 24.4 Å². The summed E-state index contributed by atoms with van der Waals surface area (Å²) in [7, 11) is 1.79. The molecule has 0 saturated carbocycles. The molecule has 3 heterocycles. The molecule has 0 unspecified atom stereocenters. The van der Waals surface area contributed by atoms with Crippen molar-refractivity contribution in [3.05, 3.63) is 41.2 Å². The minimum atomic E-state index is -0.524. The van der Waals surface area contributed by atoms with Gasteiger partial charge in [0.15, 0.2) is 0 Å². The van der Waals surface area contributed by atoms with Crippen LogP contribution < -0.4 is 15.5 Å². The average Bonchev–Trinajstić information content (AvgIpc) is 3.24. The number of benzene rings is 1. The Morgan fingerprint density at radius 1 is 1.40 bits per heavy atom. The van der Waals surface area contributed by atoms with E-state index >= 15 is 0 Å². The largest absolute Gasteiger partial charge is 0.348 e. The van der Waals surface area contributed by atoms with Crippen molar-refractivity contribution in [1.82, 2.24) is 26.0 Å².